The van der Waals surface area contributed by atoms with Crippen molar-refractivity contribution in [3.63, 3.8) is 0 Å². The highest BCUT2D eigenvalue weighted by atomic mass is 16.1. The Hall–Kier alpha value is -2.68. The highest BCUT2D eigenvalue weighted by Crippen LogP contribution is 2.06. The number of unbranched alkanes of at least 4 members (excludes halogenated alkanes) is 1. The van der Waals surface area contributed by atoms with E-state index in [0.717, 1.165) is 12.8 Å². The minimum absolute atomic E-state index is 0.0150. The van der Waals surface area contributed by atoms with Crippen LogP contribution in [-0.2, 0) is 6.54 Å². The van der Waals surface area contributed by atoms with Crippen LogP contribution >= 0.6 is 0 Å². The van der Waals surface area contributed by atoms with Crippen molar-refractivity contribution in [3.8, 4) is 6.07 Å². The molecule has 0 aromatic carbocycles. The fourth-order valence-corrected chi connectivity index (χ4v) is 1.81. The molecule has 0 saturated carbocycles. The highest BCUT2D eigenvalue weighted by Gasteiger charge is 2.02. The summed E-state index contributed by atoms with van der Waals surface area (Å²) in [7, 11) is 0. The van der Waals surface area contributed by atoms with Gasteiger partial charge in [-0.15, -0.1) is 0 Å². The number of pyridine rings is 1. The molecule has 0 spiro atoms. The van der Waals surface area contributed by atoms with Crippen molar-refractivity contribution < 1.29 is 0 Å². The summed E-state index contributed by atoms with van der Waals surface area (Å²) in [5, 5.41) is 12.0. The summed E-state index contributed by atoms with van der Waals surface area (Å²) in [4.78, 5) is 19.5. The maximum atomic E-state index is 11.5. The molecule has 2 aromatic rings. The fourth-order valence-electron chi connectivity index (χ4n) is 1.81. The SMILES string of the molecule is N#Cc1nccnc1NCCCCn1ccccc1=O. The molecule has 20 heavy (non-hydrogen) atoms. The first kappa shape index (κ1) is 13.7. The first-order valence-electron chi connectivity index (χ1n) is 6.41. The number of hydrogen-bond donors (Lipinski definition) is 1. The Morgan fingerprint density at radius 2 is 2.10 bits per heavy atom. The number of nitrogens with one attached hydrogen (secondary N) is 1. The van der Waals surface area contributed by atoms with Crippen LogP contribution in [0.1, 0.15) is 18.5 Å². The smallest absolute Gasteiger partial charge is 0.250 e. The minimum atomic E-state index is 0.0150. The number of aryl methyl sites for hydroxylation is 1. The topological polar surface area (TPSA) is 83.6 Å². The molecule has 102 valence electrons. The Morgan fingerprint density at radius 1 is 1.25 bits per heavy atom. The van der Waals surface area contributed by atoms with E-state index in [1.54, 1.807) is 29.1 Å². The van der Waals surface area contributed by atoms with Gasteiger partial charge in [0.25, 0.3) is 0 Å². The third-order valence-corrected chi connectivity index (χ3v) is 2.82. The minimum Gasteiger partial charge on any atom is -0.368 e. The van der Waals surface area contributed by atoms with E-state index in [1.165, 1.54) is 6.20 Å². The van der Waals surface area contributed by atoms with Crippen molar-refractivity contribution in [1.82, 2.24) is 14.5 Å². The molecule has 0 unspecified atom stereocenters. The van der Waals surface area contributed by atoms with Crippen molar-refractivity contribution in [2.24, 2.45) is 0 Å². The summed E-state index contributed by atoms with van der Waals surface area (Å²) in [5.41, 5.74) is 0.313. The Kier molecular flexibility index (Phi) is 4.84. The fraction of sp³-hybridized carbons (Fsp3) is 0.286. The van der Waals surface area contributed by atoms with E-state index in [9.17, 15) is 4.79 Å². The molecule has 2 rings (SSSR count). The molecular weight excluding hydrogens is 254 g/mol. The molecule has 0 bridgehead atoms. The maximum absolute atomic E-state index is 11.5. The lowest BCUT2D eigenvalue weighted by atomic mass is 10.3. The molecular formula is C14H15N5O. The van der Waals surface area contributed by atoms with Crippen LogP contribution in [0, 0.1) is 11.3 Å². The van der Waals surface area contributed by atoms with Gasteiger partial charge in [-0.25, -0.2) is 9.97 Å². The lowest BCUT2D eigenvalue weighted by Crippen LogP contribution is -2.18. The normalized spacial score (nSPS) is 9.95. The van der Waals surface area contributed by atoms with Crippen LogP contribution in [0.2, 0.25) is 0 Å². The molecule has 2 aromatic heterocycles. The molecule has 6 heteroatoms. The van der Waals surface area contributed by atoms with E-state index in [1.807, 2.05) is 12.1 Å². The Bertz CT molecular complexity index is 659. The van der Waals surface area contributed by atoms with Crippen LogP contribution in [0.25, 0.3) is 0 Å². The van der Waals surface area contributed by atoms with Crippen molar-refractivity contribution in [2.75, 3.05) is 11.9 Å². The van der Waals surface area contributed by atoms with Crippen LogP contribution in [0.3, 0.4) is 0 Å². The summed E-state index contributed by atoms with van der Waals surface area (Å²) in [6.07, 6.45) is 6.58. The van der Waals surface area contributed by atoms with Gasteiger partial charge in [0.15, 0.2) is 11.5 Å². The largest absolute Gasteiger partial charge is 0.368 e. The second-order valence-corrected chi connectivity index (χ2v) is 4.23. The predicted octanol–water partition coefficient (Wildman–Crippen LogP) is 1.40. The van der Waals surface area contributed by atoms with E-state index in [0.29, 0.717) is 24.6 Å². The molecule has 0 atom stereocenters. The third kappa shape index (κ3) is 3.65. The van der Waals surface area contributed by atoms with Gasteiger partial charge in [-0.2, -0.15) is 5.26 Å². The zero-order chi connectivity index (χ0) is 14.2. The van der Waals surface area contributed by atoms with Crippen LogP contribution in [0.4, 0.5) is 5.82 Å². The molecule has 2 heterocycles. The molecule has 6 nitrogen and oxygen atoms in total. The Balaban J connectivity index is 1.76. The van der Waals surface area contributed by atoms with Crippen molar-refractivity contribution in [2.45, 2.75) is 19.4 Å². The van der Waals surface area contributed by atoms with E-state index in [4.69, 9.17) is 5.26 Å². The van der Waals surface area contributed by atoms with Gasteiger partial charge >= 0.3 is 0 Å². The predicted molar refractivity (Wildman–Crippen MR) is 75.2 cm³/mol. The standard InChI is InChI=1S/C14H15N5O/c15-11-12-14(18-8-7-16-12)17-6-2-4-10-19-9-3-1-5-13(19)20/h1,3,5,7-9H,2,4,6,10H2,(H,17,18). The van der Waals surface area contributed by atoms with Gasteiger partial charge in [-0.3, -0.25) is 4.79 Å². The number of aromatic nitrogens is 3. The summed E-state index contributed by atoms with van der Waals surface area (Å²) in [6, 6.07) is 7.12. The van der Waals surface area contributed by atoms with Crippen molar-refractivity contribution >= 4 is 5.82 Å². The molecule has 0 radical (unpaired) electrons. The van der Waals surface area contributed by atoms with Crippen molar-refractivity contribution in [1.29, 1.82) is 5.26 Å². The van der Waals surface area contributed by atoms with Crippen LogP contribution in [0.5, 0.6) is 0 Å². The highest BCUT2D eigenvalue weighted by molar-refractivity contribution is 5.46. The molecule has 0 fully saturated rings. The summed E-state index contributed by atoms with van der Waals surface area (Å²) >= 11 is 0. The summed E-state index contributed by atoms with van der Waals surface area (Å²) < 4.78 is 1.68. The van der Waals surface area contributed by atoms with E-state index >= 15 is 0 Å². The Morgan fingerprint density at radius 3 is 2.90 bits per heavy atom. The lowest BCUT2D eigenvalue weighted by Gasteiger charge is -2.07. The van der Waals surface area contributed by atoms with Gasteiger partial charge in [0.1, 0.15) is 6.07 Å². The summed E-state index contributed by atoms with van der Waals surface area (Å²) in [5.74, 6) is 0.506. The van der Waals surface area contributed by atoms with Gasteiger partial charge in [0.05, 0.1) is 0 Å². The number of rotatable bonds is 6. The number of nitrogens with zero attached hydrogens (tertiary/aromatic N) is 4. The third-order valence-electron chi connectivity index (χ3n) is 2.82. The monoisotopic (exact) mass is 269 g/mol. The molecule has 0 aliphatic rings. The molecule has 0 saturated heterocycles. The van der Waals surface area contributed by atoms with Gasteiger partial charge in [0.2, 0.25) is 5.56 Å². The first-order valence-corrected chi connectivity index (χ1v) is 6.41. The first-order chi connectivity index (χ1) is 9.81. The second-order valence-electron chi connectivity index (χ2n) is 4.23. The molecule has 0 amide bonds. The molecule has 0 aliphatic heterocycles. The average molecular weight is 269 g/mol. The number of nitriles is 1. The van der Waals surface area contributed by atoms with Crippen LogP contribution < -0.4 is 10.9 Å². The average Bonchev–Trinajstić information content (AvgIpc) is 2.49. The van der Waals surface area contributed by atoms with Crippen LogP contribution in [0.15, 0.2) is 41.6 Å². The molecule has 0 aliphatic carbocycles. The zero-order valence-corrected chi connectivity index (χ0v) is 11.0. The lowest BCUT2D eigenvalue weighted by molar-refractivity contribution is 0.604. The maximum Gasteiger partial charge on any atom is 0.250 e. The second kappa shape index (κ2) is 7.04. The van der Waals surface area contributed by atoms with E-state index in [2.05, 4.69) is 15.3 Å². The van der Waals surface area contributed by atoms with Gasteiger partial charge in [0, 0.05) is 37.7 Å². The summed E-state index contributed by atoms with van der Waals surface area (Å²) in [6.45, 7) is 1.38. The number of anilines is 1. The van der Waals surface area contributed by atoms with E-state index in [-0.39, 0.29) is 5.56 Å². The van der Waals surface area contributed by atoms with Crippen LogP contribution in [-0.4, -0.2) is 21.1 Å². The van der Waals surface area contributed by atoms with E-state index < -0.39 is 0 Å². The number of hydrogen-bond acceptors (Lipinski definition) is 5. The van der Waals surface area contributed by atoms with Gasteiger partial charge in [-0.1, -0.05) is 6.07 Å². The van der Waals surface area contributed by atoms with Gasteiger partial charge < -0.3 is 9.88 Å². The van der Waals surface area contributed by atoms with Crippen molar-refractivity contribution in [3.05, 3.63) is 52.8 Å². The Labute approximate surface area is 116 Å². The zero-order valence-electron chi connectivity index (χ0n) is 11.0. The van der Waals surface area contributed by atoms with Gasteiger partial charge in [-0.05, 0) is 18.9 Å². The quantitative estimate of drug-likeness (QED) is 0.801. The molecule has 1 N–H and O–H groups in total.